The topological polar surface area (TPSA) is 21.3 Å². The van der Waals surface area contributed by atoms with E-state index in [0.717, 1.165) is 13.2 Å². The van der Waals surface area contributed by atoms with Gasteiger partial charge in [0.1, 0.15) is 0 Å². The number of allylic oxidation sites excluding steroid dienone is 1. The Kier molecular flexibility index (Phi) is 4.60. The number of nitrogens with one attached hydrogen (secondary N) is 1. The van der Waals surface area contributed by atoms with Gasteiger partial charge in [-0.05, 0) is 55.5 Å². The van der Waals surface area contributed by atoms with E-state index in [1.54, 1.807) is 7.11 Å². The van der Waals surface area contributed by atoms with Gasteiger partial charge in [-0.15, -0.1) is 0 Å². The second kappa shape index (κ2) is 5.94. The number of fused-ring (bicyclic) bond motifs is 1. The first-order chi connectivity index (χ1) is 9.85. The molecule has 1 aliphatic rings. The van der Waals surface area contributed by atoms with E-state index in [0.29, 0.717) is 6.04 Å². The van der Waals surface area contributed by atoms with Crippen LogP contribution >= 0.6 is 0 Å². The van der Waals surface area contributed by atoms with Gasteiger partial charge in [-0.25, -0.2) is 0 Å². The first-order valence-electron chi connectivity index (χ1n) is 7.86. The van der Waals surface area contributed by atoms with Crippen molar-refractivity contribution in [3.63, 3.8) is 0 Å². The van der Waals surface area contributed by atoms with Crippen LogP contribution in [0.4, 0.5) is 0 Å². The molecule has 1 unspecified atom stereocenters. The van der Waals surface area contributed by atoms with Crippen LogP contribution in [0.25, 0.3) is 5.57 Å². The number of methoxy groups -OCH3 is 1. The normalized spacial score (nSPS) is 21.3. The van der Waals surface area contributed by atoms with Gasteiger partial charge in [0.05, 0.1) is 12.0 Å². The van der Waals surface area contributed by atoms with Crippen LogP contribution in [-0.4, -0.2) is 26.3 Å². The van der Waals surface area contributed by atoms with Gasteiger partial charge in [0, 0.05) is 19.7 Å². The number of benzene rings is 1. The van der Waals surface area contributed by atoms with Gasteiger partial charge in [-0.2, -0.15) is 0 Å². The molecule has 0 fully saturated rings. The molecule has 2 nitrogen and oxygen atoms in total. The summed E-state index contributed by atoms with van der Waals surface area (Å²) in [7, 11) is 1.80. The zero-order valence-electron chi connectivity index (χ0n) is 14.6. The molecular weight excluding hydrogens is 258 g/mol. The molecule has 116 valence electrons. The number of ether oxygens (including phenoxy) is 1. The highest BCUT2D eigenvalue weighted by atomic mass is 16.5. The molecular formula is C19H29NO. The second-order valence-corrected chi connectivity index (χ2v) is 6.73. The molecule has 1 aliphatic carbocycles. The van der Waals surface area contributed by atoms with E-state index in [9.17, 15) is 0 Å². The van der Waals surface area contributed by atoms with Crippen molar-refractivity contribution in [1.29, 1.82) is 0 Å². The Balaban J connectivity index is 2.60. The van der Waals surface area contributed by atoms with Gasteiger partial charge >= 0.3 is 0 Å². The maximum Gasteiger partial charge on any atom is 0.0609 e. The van der Waals surface area contributed by atoms with E-state index < -0.39 is 0 Å². The van der Waals surface area contributed by atoms with Crippen LogP contribution in [0.3, 0.4) is 0 Å². The van der Waals surface area contributed by atoms with E-state index in [-0.39, 0.29) is 5.41 Å². The quantitative estimate of drug-likeness (QED) is 0.884. The lowest BCUT2D eigenvalue weighted by atomic mass is 9.77. The average molecular weight is 287 g/mol. The Morgan fingerprint density at radius 1 is 1.14 bits per heavy atom. The van der Waals surface area contributed by atoms with Gasteiger partial charge in [0.15, 0.2) is 0 Å². The molecule has 21 heavy (non-hydrogen) atoms. The summed E-state index contributed by atoms with van der Waals surface area (Å²) in [4.78, 5) is 0. The van der Waals surface area contributed by atoms with Crippen LogP contribution < -0.4 is 5.32 Å². The number of rotatable bonds is 5. The second-order valence-electron chi connectivity index (χ2n) is 6.73. The van der Waals surface area contributed by atoms with Crippen LogP contribution in [0.2, 0.25) is 0 Å². The predicted molar refractivity (Wildman–Crippen MR) is 90.9 cm³/mol. The molecule has 0 bridgehead atoms. The van der Waals surface area contributed by atoms with Crippen molar-refractivity contribution in [3.05, 3.63) is 40.0 Å². The number of aryl methyl sites for hydroxylation is 1. The molecule has 1 aromatic carbocycles. The molecule has 2 rings (SSSR count). The van der Waals surface area contributed by atoms with Gasteiger partial charge < -0.3 is 10.1 Å². The summed E-state index contributed by atoms with van der Waals surface area (Å²) in [5.41, 5.74) is 8.48. The zero-order valence-corrected chi connectivity index (χ0v) is 14.6. The lowest BCUT2D eigenvalue weighted by Gasteiger charge is -2.33. The van der Waals surface area contributed by atoms with E-state index in [2.05, 4.69) is 59.0 Å². The standard InChI is InChI=1S/C19H29NO/c1-12(2)20-10-19(11-21-7)16(6)15(5)18-14(4)13(3)8-9-17(18)19/h8-9,12,20H,10-11H2,1-7H3. The average Bonchev–Trinajstić information content (AvgIpc) is 2.64. The Hall–Kier alpha value is -1.12. The van der Waals surface area contributed by atoms with Gasteiger partial charge in [0.25, 0.3) is 0 Å². The third kappa shape index (κ3) is 2.56. The van der Waals surface area contributed by atoms with Crippen LogP contribution in [0.5, 0.6) is 0 Å². The number of hydrogen-bond acceptors (Lipinski definition) is 2. The first-order valence-corrected chi connectivity index (χ1v) is 7.86. The molecule has 0 aromatic heterocycles. The van der Waals surface area contributed by atoms with Crippen LogP contribution in [0.15, 0.2) is 17.7 Å². The molecule has 0 radical (unpaired) electrons. The molecule has 1 aromatic rings. The third-order valence-electron chi connectivity index (χ3n) is 5.11. The van der Waals surface area contributed by atoms with E-state index in [4.69, 9.17) is 4.74 Å². The fraction of sp³-hybridized carbons (Fsp3) is 0.579. The Bertz CT molecular complexity index is 571. The van der Waals surface area contributed by atoms with Crippen molar-refractivity contribution in [2.24, 2.45) is 0 Å². The highest BCUT2D eigenvalue weighted by molar-refractivity contribution is 5.81. The van der Waals surface area contributed by atoms with E-state index >= 15 is 0 Å². The zero-order chi connectivity index (χ0) is 15.8. The summed E-state index contributed by atoms with van der Waals surface area (Å²) in [6.07, 6.45) is 0. The summed E-state index contributed by atoms with van der Waals surface area (Å²) in [6.45, 7) is 15.0. The van der Waals surface area contributed by atoms with Gasteiger partial charge in [0.2, 0.25) is 0 Å². The summed E-state index contributed by atoms with van der Waals surface area (Å²) in [6, 6.07) is 5.03. The van der Waals surface area contributed by atoms with Crippen molar-refractivity contribution in [1.82, 2.24) is 5.32 Å². The minimum atomic E-state index is -0.0309. The molecule has 0 amide bonds. The fourth-order valence-corrected chi connectivity index (χ4v) is 3.54. The van der Waals surface area contributed by atoms with Gasteiger partial charge in [-0.1, -0.05) is 31.6 Å². The van der Waals surface area contributed by atoms with Crippen molar-refractivity contribution >= 4 is 5.57 Å². The first kappa shape index (κ1) is 16.3. The molecule has 0 saturated heterocycles. The lowest BCUT2D eigenvalue weighted by Crippen LogP contribution is -2.44. The van der Waals surface area contributed by atoms with Crippen LogP contribution in [0.1, 0.15) is 49.9 Å². The van der Waals surface area contributed by atoms with Crippen molar-refractivity contribution in [2.75, 3.05) is 20.3 Å². The lowest BCUT2D eigenvalue weighted by molar-refractivity contribution is 0.144. The number of hydrogen-bond donors (Lipinski definition) is 1. The summed E-state index contributed by atoms with van der Waals surface area (Å²) in [5.74, 6) is 0. The Morgan fingerprint density at radius 3 is 2.38 bits per heavy atom. The summed E-state index contributed by atoms with van der Waals surface area (Å²) >= 11 is 0. The maximum atomic E-state index is 5.63. The van der Waals surface area contributed by atoms with Crippen LogP contribution in [0, 0.1) is 13.8 Å². The molecule has 0 aliphatic heterocycles. The molecule has 1 N–H and O–H groups in total. The Labute approximate surface area is 129 Å². The molecule has 0 saturated carbocycles. The highest BCUT2D eigenvalue weighted by Gasteiger charge is 2.42. The molecule has 1 atom stereocenters. The molecule has 0 spiro atoms. The van der Waals surface area contributed by atoms with E-state index in [1.165, 1.54) is 33.4 Å². The Morgan fingerprint density at radius 2 is 1.81 bits per heavy atom. The largest absolute Gasteiger partial charge is 0.383 e. The fourth-order valence-electron chi connectivity index (χ4n) is 3.54. The van der Waals surface area contributed by atoms with Crippen molar-refractivity contribution in [2.45, 2.75) is 53.0 Å². The molecule has 0 heterocycles. The van der Waals surface area contributed by atoms with Crippen molar-refractivity contribution in [3.8, 4) is 0 Å². The summed E-state index contributed by atoms with van der Waals surface area (Å²) < 4.78 is 5.63. The smallest absolute Gasteiger partial charge is 0.0609 e. The molecule has 2 heteroatoms. The monoisotopic (exact) mass is 287 g/mol. The maximum absolute atomic E-state index is 5.63. The SMILES string of the molecule is COCC1(CNC(C)C)C(C)=C(C)c2c1ccc(C)c2C. The minimum absolute atomic E-state index is 0.0309. The summed E-state index contributed by atoms with van der Waals surface area (Å²) in [5, 5.41) is 3.62. The van der Waals surface area contributed by atoms with Crippen LogP contribution in [-0.2, 0) is 10.2 Å². The predicted octanol–water partition coefficient (Wildman–Crippen LogP) is 3.99. The third-order valence-corrected chi connectivity index (χ3v) is 5.11. The minimum Gasteiger partial charge on any atom is -0.383 e. The van der Waals surface area contributed by atoms with E-state index in [1.807, 2.05) is 0 Å². The highest BCUT2D eigenvalue weighted by Crippen LogP contribution is 2.47. The van der Waals surface area contributed by atoms with Crippen molar-refractivity contribution < 1.29 is 4.74 Å². The van der Waals surface area contributed by atoms with Gasteiger partial charge in [-0.3, -0.25) is 0 Å².